The first-order valence-electron chi connectivity index (χ1n) is 8.04. The maximum Gasteiger partial charge on any atom is 0.220 e. The van der Waals surface area contributed by atoms with E-state index in [0.717, 1.165) is 12.0 Å². The number of carbonyl (C=O) groups excluding carboxylic acids is 1. The average Bonchev–Trinajstić information content (AvgIpc) is 2.60. The fourth-order valence-corrected chi connectivity index (χ4v) is 2.78. The fraction of sp³-hybridized carbons (Fsp3) is 0.190. The maximum absolute atomic E-state index is 12.2. The Morgan fingerprint density at radius 3 is 2.39 bits per heavy atom. The number of nitrogens with one attached hydrogen (secondary N) is 1. The lowest BCUT2D eigenvalue weighted by molar-refractivity contribution is -0.121. The number of benzene rings is 3. The lowest BCUT2D eigenvalue weighted by atomic mass is 10.0. The third-order valence-corrected chi connectivity index (χ3v) is 4.13. The van der Waals surface area contributed by atoms with Gasteiger partial charge in [-0.2, -0.15) is 0 Å². The Hall–Kier alpha value is -2.61. The van der Waals surface area contributed by atoms with E-state index in [1.165, 1.54) is 16.3 Å². The van der Waals surface area contributed by atoms with Crippen LogP contribution in [0.25, 0.3) is 10.8 Å². The van der Waals surface area contributed by atoms with Crippen molar-refractivity contribution in [3.8, 4) is 0 Å². The van der Waals surface area contributed by atoms with Crippen LogP contribution in [0.1, 0.15) is 30.5 Å². The van der Waals surface area contributed by atoms with Crippen molar-refractivity contribution in [1.82, 2.24) is 5.32 Å². The van der Waals surface area contributed by atoms with Crippen molar-refractivity contribution in [2.24, 2.45) is 0 Å². The van der Waals surface area contributed by atoms with Crippen LogP contribution in [0.2, 0.25) is 0 Å². The monoisotopic (exact) mass is 303 g/mol. The lowest BCUT2D eigenvalue weighted by Gasteiger charge is -2.15. The summed E-state index contributed by atoms with van der Waals surface area (Å²) in [4.78, 5) is 12.2. The molecule has 0 heterocycles. The van der Waals surface area contributed by atoms with E-state index < -0.39 is 0 Å². The molecule has 0 spiro atoms. The third-order valence-electron chi connectivity index (χ3n) is 4.13. The molecule has 2 heteroatoms. The van der Waals surface area contributed by atoms with Crippen molar-refractivity contribution in [3.63, 3.8) is 0 Å². The standard InChI is InChI=1S/C21H21NO/c1-16(19-13-12-18-9-5-6-10-20(18)15-19)22-21(23)14-11-17-7-3-2-4-8-17/h2-10,12-13,15-16H,11,14H2,1H3,(H,22,23)/t16-/m0/s1. The Balaban J connectivity index is 1.61. The summed E-state index contributed by atoms with van der Waals surface area (Å²) in [5.74, 6) is 0.0921. The van der Waals surface area contributed by atoms with Gasteiger partial charge >= 0.3 is 0 Å². The van der Waals surface area contributed by atoms with Crippen molar-refractivity contribution >= 4 is 16.7 Å². The van der Waals surface area contributed by atoms with E-state index in [1.54, 1.807) is 0 Å². The van der Waals surface area contributed by atoms with Crippen molar-refractivity contribution in [2.45, 2.75) is 25.8 Å². The highest BCUT2D eigenvalue weighted by atomic mass is 16.1. The molecule has 2 nitrogen and oxygen atoms in total. The van der Waals surface area contributed by atoms with Crippen LogP contribution in [0, 0.1) is 0 Å². The predicted molar refractivity (Wildman–Crippen MR) is 95.3 cm³/mol. The summed E-state index contributed by atoms with van der Waals surface area (Å²) in [5.41, 5.74) is 2.33. The quantitative estimate of drug-likeness (QED) is 0.730. The number of rotatable bonds is 5. The number of amides is 1. The maximum atomic E-state index is 12.2. The Kier molecular flexibility index (Phi) is 4.72. The molecule has 0 aliphatic carbocycles. The van der Waals surface area contributed by atoms with E-state index in [0.29, 0.717) is 6.42 Å². The molecule has 0 unspecified atom stereocenters. The molecule has 3 aromatic rings. The van der Waals surface area contributed by atoms with Gasteiger partial charge in [-0.3, -0.25) is 4.79 Å². The zero-order chi connectivity index (χ0) is 16.1. The smallest absolute Gasteiger partial charge is 0.220 e. The summed E-state index contributed by atoms with van der Waals surface area (Å²) in [6.45, 7) is 2.03. The zero-order valence-corrected chi connectivity index (χ0v) is 13.3. The largest absolute Gasteiger partial charge is 0.350 e. The minimum atomic E-state index is 0.0166. The molecule has 0 bridgehead atoms. The van der Waals surface area contributed by atoms with E-state index in [1.807, 2.05) is 37.3 Å². The molecular weight excluding hydrogens is 282 g/mol. The van der Waals surface area contributed by atoms with Crippen LogP contribution in [-0.4, -0.2) is 5.91 Å². The normalized spacial score (nSPS) is 12.0. The van der Waals surface area contributed by atoms with E-state index in [2.05, 4.69) is 47.8 Å². The Labute approximate surface area is 137 Å². The van der Waals surface area contributed by atoms with Gasteiger partial charge in [0.2, 0.25) is 5.91 Å². The van der Waals surface area contributed by atoms with Crippen LogP contribution >= 0.6 is 0 Å². The molecule has 0 saturated heterocycles. The molecule has 0 fully saturated rings. The highest BCUT2D eigenvalue weighted by molar-refractivity contribution is 5.83. The van der Waals surface area contributed by atoms with Crippen molar-refractivity contribution in [2.75, 3.05) is 0 Å². The predicted octanol–water partition coefficient (Wildman–Crippen LogP) is 4.65. The van der Waals surface area contributed by atoms with Crippen LogP contribution in [0.4, 0.5) is 0 Å². The average molecular weight is 303 g/mol. The van der Waals surface area contributed by atoms with Crippen molar-refractivity contribution in [1.29, 1.82) is 0 Å². The highest BCUT2D eigenvalue weighted by Gasteiger charge is 2.10. The van der Waals surface area contributed by atoms with Crippen LogP contribution in [0.3, 0.4) is 0 Å². The van der Waals surface area contributed by atoms with Gasteiger partial charge in [0.05, 0.1) is 6.04 Å². The van der Waals surface area contributed by atoms with Crippen LogP contribution in [-0.2, 0) is 11.2 Å². The summed E-state index contributed by atoms with van der Waals surface area (Å²) in [7, 11) is 0. The minimum absolute atomic E-state index is 0.0166. The lowest BCUT2D eigenvalue weighted by Crippen LogP contribution is -2.26. The third kappa shape index (κ3) is 3.98. The van der Waals surface area contributed by atoms with Crippen LogP contribution < -0.4 is 5.32 Å². The second kappa shape index (κ2) is 7.10. The van der Waals surface area contributed by atoms with Gasteiger partial charge in [0.15, 0.2) is 0 Å². The van der Waals surface area contributed by atoms with E-state index in [9.17, 15) is 4.79 Å². The Bertz CT molecular complexity index is 795. The van der Waals surface area contributed by atoms with Crippen molar-refractivity contribution < 1.29 is 4.79 Å². The van der Waals surface area contributed by atoms with Gasteiger partial charge in [-0.1, -0.05) is 66.7 Å². The first-order chi connectivity index (χ1) is 11.2. The Morgan fingerprint density at radius 2 is 1.61 bits per heavy atom. The van der Waals surface area contributed by atoms with Gasteiger partial charge in [0.1, 0.15) is 0 Å². The second-order valence-corrected chi connectivity index (χ2v) is 5.88. The Morgan fingerprint density at radius 1 is 0.913 bits per heavy atom. The second-order valence-electron chi connectivity index (χ2n) is 5.88. The molecule has 0 aliphatic rings. The first-order valence-corrected chi connectivity index (χ1v) is 8.04. The van der Waals surface area contributed by atoms with E-state index >= 15 is 0 Å². The summed E-state index contributed by atoms with van der Waals surface area (Å²) in [5, 5.41) is 5.52. The number of aryl methyl sites for hydroxylation is 1. The molecule has 1 atom stereocenters. The molecule has 1 amide bonds. The fourth-order valence-electron chi connectivity index (χ4n) is 2.78. The van der Waals surface area contributed by atoms with E-state index in [4.69, 9.17) is 0 Å². The molecule has 1 N–H and O–H groups in total. The zero-order valence-electron chi connectivity index (χ0n) is 13.3. The molecular formula is C21H21NO. The van der Waals surface area contributed by atoms with Gasteiger partial charge in [0.25, 0.3) is 0 Å². The molecule has 0 saturated carbocycles. The number of carbonyl (C=O) groups is 1. The van der Waals surface area contributed by atoms with Gasteiger partial charge in [-0.15, -0.1) is 0 Å². The molecule has 23 heavy (non-hydrogen) atoms. The molecule has 0 radical (unpaired) electrons. The SMILES string of the molecule is C[C@H](NC(=O)CCc1ccccc1)c1ccc2ccccc2c1. The molecule has 116 valence electrons. The molecule has 0 aliphatic heterocycles. The topological polar surface area (TPSA) is 29.1 Å². The van der Waals surface area contributed by atoms with E-state index in [-0.39, 0.29) is 11.9 Å². The van der Waals surface area contributed by atoms with Crippen molar-refractivity contribution in [3.05, 3.63) is 83.9 Å². The number of fused-ring (bicyclic) bond motifs is 1. The molecule has 0 aromatic heterocycles. The molecule has 3 aromatic carbocycles. The molecule has 3 rings (SSSR count). The summed E-state index contributed by atoms with van der Waals surface area (Å²) >= 11 is 0. The summed E-state index contributed by atoms with van der Waals surface area (Å²) in [6, 6.07) is 24.8. The summed E-state index contributed by atoms with van der Waals surface area (Å²) < 4.78 is 0. The highest BCUT2D eigenvalue weighted by Crippen LogP contribution is 2.20. The van der Waals surface area contributed by atoms with Crippen LogP contribution in [0.15, 0.2) is 72.8 Å². The first kappa shape index (κ1) is 15.3. The number of hydrogen-bond acceptors (Lipinski definition) is 1. The van der Waals surface area contributed by atoms with Gasteiger partial charge < -0.3 is 5.32 Å². The van der Waals surface area contributed by atoms with Crippen LogP contribution in [0.5, 0.6) is 0 Å². The summed E-state index contributed by atoms with van der Waals surface area (Å²) in [6.07, 6.45) is 1.29. The minimum Gasteiger partial charge on any atom is -0.350 e. The van der Waals surface area contributed by atoms with Gasteiger partial charge in [-0.05, 0) is 41.3 Å². The van der Waals surface area contributed by atoms with Gasteiger partial charge in [0, 0.05) is 6.42 Å². The van der Waals surface area contributed by atoms with Gasteiger partial charge in [-0.25, -0.2) is 0 Å². The number of hydrogen-bond donors (Lipinski definition) is 1.